The molecule has 2 aliphatic rings. The molecule has 5 heteroatoms. The molecule has 4 nitrogen and oxygen atoms in total. The van der Waals surface area contributed by atoms with Gasteiger partial charge in [0.15, 0.2) is 5.78 Å². The van der Waals surface area contributed by atoms with Crippen molar-refractivity contribution in [3.05, 3.63) is 40.7 Å². The molecular weight excluding hydrogens is 288 g/mol. The van der Waals surface area contributed by atoms with Gasteiger partial charge in [0.25, 0.3) is 0 Å². The molecule has 2 bridgehead atoms. The van der Waals surface area contributed by atoms with E-state index in [1.807, 2.05) is 25.1 Å². The molecule has 1 N–H and O–H groups in total. The molecule has 0 radical (unpaired) electrons. The molecule has 1 aromatic carbocycles. The first-order valence-electron chi connectivity index (χ1n) is 7.12. The number of ether oxygens (including phenoxy) is 1. The van der Waals surface area contributed by atoms with Crippen molar-refractivity contribution < 1.29 is 9.53 Å². The van der Waals surface area contributed by atoms with Crippen molar-refractivity contribution in [1.29, 1.82) is 0 Å². The molecular formula is C16H15ClN2O2. The van der Waals surface area contributed by atoms with Gasteiger partial charge in [0.1, 0.15) is 11.3 Å². The minimum absolute atomic E-state index is 0.00170. The summed E-state index contributed by atoms with van der Waals surface area (Å²) < 4.78 is 5.82. The fourth-order valence-electron chi connectivity index (χ4n) is 3.41. The van der Waals surface area contributed by atoms with Gasteiger partial charge in [-0.05, 0) is 18.9 Å². The molecule has 3 heterocycles. The monoisotopic (exact) mass is 302 g/mol. The standard InChI is InChI=1S/C16H15ClN2O2/c1-8-3-2-4-10-13(8)11(7-19-16(10)17)14(20)15-12-5-9(21-15)6-18-12/h2-4,7,9,12,15,18H,5-6H2,1H3. The van der Waals surface area contributed by atoms with E-state index in [-0.39, 0.29) is 17.9 Å². The minimum Gasteiger partial charge on any atom is -0.364 e. The predicted molar refractivity (Wildman–Crippen MR) is 80.9 cm³/mol. The van der Waals surface area contributed by atoms with Gasteiger partial charge in [0.2, 0.25) is 0 Å². The molecule has 2 fully saturated rings. The largest absolute Gasteiger partial charge is 0.364 e. The number of carbonyl (C=O) groups is 1. The number of rotatable bonds is 2. The lowest BCUT2D eigenvalue weighted by Gasteiger charge is -2.22. The predicted octanol–water partition coefficient (Wildman–Crippen LogP) is 2.51. The summed E-state index contributed by atoms with van der Waals surface area (Å²) >= 11 is 6.16. The van der Waals surface area contributed by atoms with Gasteiger partial charge in [-0.1, -0.05) is 29.8 Å². The number of carbonyl (C=O) groups excluding carboxylic acids is 1. The molecule has 0 aliphatic carbocycles. The highest BCUT2D eigenvalue weighted by molar-refractivity contribution is 6.35. The summed E-state index contributed by atoms with van der Waals surface area (Å²) in [5.74, 6) is -0.00170. The van der Waals surface area contributed by atoms with E-state index in [4.69, 9.17) is 16.3 Å². The van der Waals surface area contributed by atoms with E-state index in [1.165, 1.54) is 0 Å². The van der Waals surface area contributed by atoms with Gasteiger partial charge in [-0.3, -0.25) is 4.79 Å². The summed E-state index contributed by atoms with van der Waals surface area (Å²) in [6, 6.07) is 5.93. The Hall–Kier alpha value is -1.49. The first-order valence-corrected chi connectivity index (χ1v) is 7.50. The lowest BCUT2D eigenvalue weighted by Crippen LogP contribution is -2.44. The average molecular weight is 303 g/mol. The second kappa shape index (κ2) is 4.77. The van der Waals surface area contributed by atoms with Crippen molar-refractivity contribution in [2.24, 2.45) is 0 Å². The number of pyridine rings is 1. The number of fused-ring (bicyclic) bond motifs is 3. The third-order valence-electron chi connectivity index (χ3n) is 4.42. The summed E-state index contributed by atoms with van der Waals surface area (Å²) in [4.78, 5) is 17.0. The van der Waals surface area contributed by atoms with E-state index in [9.17, 15) is 4.79 Å². The molecule has 2 aromatic rings. The Bertz CT molecular complexity index is 746. The van der Waals surface area contributed by atoms with Crippen LogP contribution in [0.5, 0.6) is 0 Å². The van der Waals surface area contributed by atoms with E-state index in [2.05, 4.69) is 10.3 Å². The van der Waals surface area contributed by atoms with Crippen LogP contribution in [0.3, 0.4) is 0 Å². The quantitative estimate of drug-likeness (QED) is 0.684. The summed E-state index contributed by atoms with van der Waals surface area (Å²) in [5, 5.41) is 5.47. The van der Waals surface area contributed by atoms with Crippen LogP contribution in [0.2, 0.25) is 5.15 Å². The Balaban J connectivity index is 1.83. The van der Waals surface area contributed by atoms with Crippen LogP contribution in [0.25, 0.3) is 10.8 Å². The van der Waals surface area contributed by atoms with E-state index < -0.39 is 6.10 Å². The van der Waals surface area contributed by atoms with E-state index in [0.717, 1.165) is 29.3 Å². The number of aromatic nitrogens is 1. The topological polar surface area (TPSA) is 51.2 Å². The number of hydrogen-bond acceptors (Lipinski definition) is 4. The van der Waals surface area contributed by atoms with Crippen LogP contribution < -0.4 is 5.32 Å². The second-order valence-electron chi connectivity index (χ2n) is 5.75. The molecule has 4 rings (SSSR count). The van der Waals surface area contributed by atoms with Crippen molar-refractivity contribution in [1.82, 2.24) is 10.3 Å². The smallest absolute Gasteiger partial charge is 0.195 e. The highest BCUT2D eigenvalue weighted by Gasteiger charge is 2.44. The minimum atomic E-state index is -0.408. The SMILES string of the molecule is Cc1cccc2c(Cl)ncc(C(=O)C3OC4CNC3C4)c12. The van der Waals surface area contributed by atoms with E-state index in [1.54, 1.807) is 6.20 Å². The Morgan fingerprint density at radius 1 is 1.48 bits per heavy atom. The molecule has 3 atom stereocenters. The van der Waals surface area contributed by atoms with Gasteiger partial charge in [-0.15, -0.1) is 0 Å². The summed E-state index contributed by atoms with van der Waals surface area (Å²) in [7, 11) is 0. The highest BCUT2D eigenvalue weighted by Crippen LogP contribution is 2.32. The van der Waals surface area contributed by atoms with Gasteiger partial charge in [-0.2, -0.15) is 0 Å². The zero-order valence-electron chi connectivity index (χ0n) is 11.6. The Morgan fingerprint density at radius 3 is 3.05 bits per heavy atom. The maximum absolute atomic E-state index is 12.9. The lowest BCUT2D eigenvalue weighted by molar-refractivity contribution is 0.0192. The molecule has 1 aromatic heterocycles. The van der Waals surface area contributed by atoms with Crippen LogP contribution in [0.1, 0.15) is 22.3 Å². The summed E-state index contributed by atoms with van der Waals surface area (Å²) in [6.45, 7) is 2.82. The van der Waals surface area contributed by atoms with Gasteiger partial charge in [-0.25, -0.2) is 4.98 Å². The van der Waals surface area contributed by atoms with Crippen LogP contribution >= 0.6 is 11.6 Å². The zero-order chi connectivity index (χ0) is 14.6. The number of benzene rings is 1. The average Bonchev–Trinajstić information content (AvgIpc) is 3.10. The maximum Gasteiger partial charge on any atom is 0.195 e. The van der Waals surface area contributed by atoms with E-state index >= 15 is 0 Å². The molecule has 2 saturated heterocycles. The number of morpholine rings is 1. The number of nitrogens with one attached hydrogen (secondary N) is 1. The Kier molecular flexibility index (Phi) is 2.99. The van der Waals surface area contributed by atoms with Gasteiger partial charge in [0, 0.05) is 35.1 Å². The van der Waals surface area contributed by atoms with Crippen LogP contribution in [0.15, 0.2) is 24.4 Å². The third kappa shape index (κ3) is 1.98. The first-order chi connectivity index (χ1) is 10.1. The fourth-order valence-corrected chi connectivity index (χ4v) is 3.61. The number of nitrogens with zero attached hydrogens (tertiary/aromatic N) is 1. The normalized spacial score (nSPS) is 27.4. The number of halogens is 1. The first kappa shape index (κ1) is 13.2. The van der Waals surface area contributed by atoms with Crippen LogP contribution in [-0.4, -0.2) is 35.6 Å². The van der Waals surface area contributed by atoms with Crippen molar-refractivity contribution >= 4 is 28.2 Å². The van der Waals surface area contributed by atoms with Crippen molar-refractivity contribution in [3.8, 4) is 0 Å². The second-order valence-corrected chi connectivity index (χ2v) is 6.11. The Morgan fingerprint density at radius 2 is 2.33 bits per heavy atom. The maximum atomic E-state index is 12.9. The van der Waals surface area contributed by atoms with Crippen LogP contribution in [0.4, 0.5) is 0 Å². The summed E-state index contributed by atoms with van der Waals surface area (Å²) in [6.07, 6.45) is 2.25. The number of aryl methyl sites for hydroxylation is 1. The molecule has 0 saturated carbocycles. The van der Waals surface area contributed by atoms with Crippen molar-refractivity contribution in [2.75, 3.05) is 6.54 Å². The Labute approximate surface area is 127 Å². The van der Waals surface area contributed by atoms with Crippen LogP contribution in [-0.2, 0) is 4.74 Å². The highest BCUT2D eigenvalue weighted by atomic mass is 35.5. The lowest BCUT2D eigenvalue weighted by atomic mass is 9.95. The molecule has 21 heavy (non-hydrogen) atoms. The fraction of sp³-hybridized carbons (Fsp3) is 0.375. The summed E-state index contributed by atoms with van der Waals surface area (Å²) in [5.41, 5.74) is 1.63. The number of Topliss-reactive ketones (excluding diaryl/α,β-unsaturated/α-hetero) is 1. The van der Waals surface area contributed by atoms with Crippen molar-refractivity contribution in [2.45, 2.75) is 31.6 Å². The zero-order valence-corrected chi connectivity index (χ0v) is 12.4. The molecule has 2 aliphatic heterocycles. The molecule has 3 unspecified atom stereocenters. The van der Waals surface area contributed by atoms with Gasteiger partial charge >= 0.3 is 0 Å². The molecule has 108 valence electrons. The molecule has 0 amide bonds. The van der Waals surface area contributed by atoms with Crippen molar-refractivity contribution in [3.63, 3.8) is 0 Å². The van der Waals surface area contributed by atoms with E-state index in [0.29, 0.717) is 10.7 Å². The van der Waals surface area contributed by atoms with Gasteiger partial charge in [0.05, 0.1) is 6.10 Å². The third-order valence-corrected chi connectivity index (χ3v) is 4.73. The molecule has 0 spiro atoms. The van der Waals surface area contributed by atoms with Crippen LogP contribution in [0, 0.1) is 6.92 Å². The number of ketones is 1. The number of hydrogen-bond donors (Lipinski definition) is 1. The van der Waals surface area contributed by atoms with Gasteiger partial charge < -0.3 is 10.1 Å².